The predicted octanol–water partition coefficient (Wildman–Crippen LogP) is 3.09. The van der Waals surface area contributed by atoms with Gasteiger partial charge in [0, 0.05) is 25.0 Å². The molecule has 0 aliphatic rings. The maximum Gasteiger partial charge on any atom is 0.207 e. The molecule has 0 radical (unpaired) electrons. The highest BCUT2D eigenvalue weighted by atomic mass is 19.1. The largest absolute Gasteiger partial charge is 0.488 e. The van der Waals surface area contributed by atoms with Crippen LogP contribution in [0.5, 0.6) is 5.75 Å². The Hall–Kier alpha value is -3.29. The van der Waals surface area contributed by atoms with Crippen LogP contribution in [0.4, 0.5) is 8.78 Å². The molecule has 8 heteroatoms. The van der Waals surface area contributed by atoms with Crippen molar-refractivity contribution in [2.45, 2.75) is 20.3 Å². The summed E-state index contributed by atoms with van der Waals surface area (Å²) in [5.74, 6) is -0.741. The van der Waals surface area contributed by atoms with E-state index in [0.717, 1.165) is 5.56 Å². The number of hydrogen-bond acceptors (Lipinski definition) is 4. The number of amides is 1. The first-order chi connectivity index (χ1) is 13.9. The first-order valence-electron chi connectivity index (χ1n) is 9.12. The summed E-state index contributed by atoms with van der Waals surface area (Å²) >= 11 is 0. The normalized spacial score (nSPS) is 10.8. The third-order valence-corrected chi connectivity index (χ3v) is 4.61. The molecule has 2 heterocycles. The fourth-order valence-electron chi connectivity index (χ4n) is 3.10. The average Bonchev–Trinajstić information content (AvgIpc) is 3.11. The maximum atomic E-state index is 14.8. The van der Waals surface area contributed by atoms with Gasteiger partial charge in [-0.2, -0.15) is 5.10 Å². The van der Waals surface area contributed by atoms with Crippen LogP contribution in [0, 0.1) is 25.5 Å². The van der Waals surface area contributed by atoms with Gasteiger partial charge >= 0.3 is 0 Å². The fourth-order valence-corrected chi connectivity index (χ4v) is 3.10. The Morgan fingerprint density at radius 2 is 2.03 bits per heavy atom. The summed E-state index contributed by atoms with van der Waals surface area (Å²) in [7, 11) is 1.75. The Morgan fingerprint density at radius 1 is 1.24 bits per heavy atom. The van der Waals surface area contributed by atoms with Crippen LogP contribution in [-0.2, 0) is 18.3 Å². The van der Waals surface area contributed by atoms with Crippen LogP contribution < -0.4 is 10.1 Å². The van der Waals surface area contributed by atoms with E-state index in [2.05, 4.69) is 15.4 Å². The highest BCUT2D eigenvalue weighted by Gasteiger charge is 2.16. The number of nitrogens with zero attached hydrogens (tertiary/aromatic N) is 3. The minimum absolute atomic E-state index is 0.162. The van der Waals surface area contributed by atoms with Gasteiger partial charge in [-0.1, -0.05) is 6.07 Å². The first kappa shape index (κ1) is 20.4. The zero-order chi connectivity index (χ0) is 21.0. The Labute approximate surface area is 167 Å². The van der Waals surface area contributed by atoms with Crippen LogP contribution >= 0.6 is 0 Å². The molecular formula is C21H22F2N4O2. The van der Waals surface area contributed by atoms with Crippen molar-refractivity contribution in [3.63, 3.8) is 0 Å². The molecule has 2 aromatic heterocycles. The topological polar surface area (TPSA) is 69.0 Å². The van der Waals surface area contributed by atoms with Crippen molar-refractivity contribution in [1.29, 1.82) is 0 Å². The van der Waals surface area contributed by atoms with Gasteiger partial charge < -0.3 is 10.1 Å². The number of nitrogens with one attached hydrogen (secondary N) is 1. The van der Waals surface area contributed by atoms with Gasteiger partial charge in [-0.3, -0.25) is 14.5 Å². The van der Waals surface area contributed by atoms with Crippen molar-refractivity contribution in [3.8, 4) is 17.0 Å². The molecule has 6 nitrogen and oxygen atoms in total. The quantitative estimate of drug-likeness (QED) is 0.466. The molecule has 0 unspecified atom stereocenters. The minimum Gasteiger partial charge on any atom is -0.488 e. The average molecular weight is 400 g/mol. The summed E-state index contributed by atoms with van der Waals surface area (Å²) < 4.78 is 36.4. The molecule has 0 aliphatic heterocycles. The summed E-state index contributed by atoms with van der Waals surface area (Å²) in [5, 5.41) is 6.49. The summed E-state index contributed by atoms with van der Waals surface area (Å²) in [6, 6.07) is 3.24. The Balaban J connectivity index is 1.81. The summed E-state index contributed by atoms with van der Waals surface area (Å²) in [6.45, 7) is 3.87. The van der Waals surface area contributed by atoms with E-state index in [4.69, 9.17) is 4.74 Å². The van der Waals surface area contributed by atoms with E-state index >= 15 is 0 Å². The smallest absolute Gasteiger partial charge is 0.207 e. The molecule has 152 valence electrons. The third kappa shape index (κ3) is 4.59. The second kappa shape index (κ2) is 8.81. The van der Waals surface area contributed by atoms with E-state index < -0.39 is 11.6 Å². The molecule has 0 fully saturated rings. The molecular weight excluding hydrogens is 378 g/mol. The predicted molar refractivity (Wildman–Crippen MR) is 105 cm³/mol. The van der Waals surface area contributed by atoms with Crippen molar-refractivity contribution in [2.24, 2.45) is 7.05 Å². The lowest BCUT2D eigenvalue weighted by molar-refractivity contribution is -0.109. The van der Waals surface area contributed by atoms with Gasteiger partial charge in [0.05, 0.1) is 12.7 Å². The third-order valence-electron chi connectivity index (χ3n) is 4.61. The molecule has 0 aliphatic carbocycles. The van der Waals surface area contributed by atoms with Crippen molar-refractivity contribution in [1.82, 2.24) is 20.1 Å². The second-order valence-electron chi connectivity index (χ2n) is 6.79. The molecule has 1 N–H and O–H groups in total. The Kier molecular flexibility index (Phi) is 6.21. The summed E-state index contributed by atoms with van der Waals surface area (Å²) in [4.78, 5) is 14.5. The lowest BCUT2D eigenvalue weighted by Gasteiger charge is -2.15. The van der Waals surface area contributed by atoms with Crippen molar-refractivity contribution in [2.75, 3.05) is 13.2 Å². The zero-order valence-electron chi connectivity index (χ0n) is 16.5. The molecule has 29 heavy (non-hydrogen) atoms. The van der Waals surface area contributed by atoms with Gasteiger partial charge in [0.25, 0.3) is 0 Å². The van der Waals surface area contributed by atoms with Crippen LogP contribution in [0.3, 0.4) is 0 Å². The number of carbonyl (C=O) groups excluding carboxylic acids is 1. The van der Waals surface area contributed by atoms with Crippen LogP contribution in [0.1, 0.15) is 22.3 Å². The second-order valence-corrected chi connectivity index (χ2v) is 6.79. The van der Waals surface area contributed by atoms with Crippen LogP contribution in [0.15, 0.2) is 30.7 Å². The number of aryl methyl sites for hydroxylation is 2. The zero-order valence-corrected chi connectivity index (χ0v) is 16.5. The first-order valence-corrected chi connectivity index (χ1v) is 9.12. The van der Waals surface area contributed by atoms with Gasteiger partial charge in [0.2, 0.25) is 6.41 Å². The number of halogens is 2. The molecule has 0 spiro atoms. The Morgan fingerprint density at radius 3 is 2.69 bits per heavy atom. The molecule has 1 aromatic carbocycles. The molecule has 0 atom stereocenters. The van der Waals surface area contributed by atoms with Gasteiger partial charge in [0.15, 0.2) is 11.6 Å². The molecule has 3 rings (SSSR count). The standard InChI is InChI=1S/C21H22F2N4O2/c1-13-6-16(14(2)19(23)21(13)29-5-4-24-12-28)7-15-8-18(22)20(25-9-15)17-10-26-27(3)11-17/h6,8-12H,4-5,7H2,1-3H3,(H,24,28). The highest BCUT2D eigenvalue weighted by molar-refractivity contribution is 5.58. The monoisotopic (exact) mass is 400 g/mol. The number of carbonyl (C=O) groups is 1. The van der Waals surface area contributed by atoms with Crippen LogP contribution in [-0.4, -0.2) is 34.3 Å². The van der Waals surface area contributed by atoms with Crippen LogP contribution in [0.25, 0.3) is 11.3 Å². The molecule has 0 saturated carbocycles. The van der Waals surface area contributed by atoms with Crippen LogP contribution in [0.2, 0.25) is 0 Å². The molecule has 0 saturated heterocycles. The minimum atomic E-state index is -0.452. The number of ether oxygens (including phenoxy) is 1. The van der Waals surface area contributed by atoms with Crippen molar-refractivity contribution in [3.05, 3.63) is 64.6 Å². The Bertz CT molecular complexity index is 1030. The lowest BCUT2D eigenvalue weighted by Crippen LogP contribution is -2.19. The number of pyridine rings is 1. The fraction of sp³-hybridized carbons (Fsp3) is 0.286. The van der Waals surface area contributed by atoms with Crippen molar-refractivity contribution < 1.29 is 18.3 Å². The van der Waals surface area contributed by atoms with Gasteiger partial charge in [-0.05, 0) is 48.6 Å². The van der Waals surface area contributed by atoms with E-state index in [0.29, 0.717) is 35.1 Å². The molecule has 1 amide bonds. The number of rotatable bonds is 8. The van der Waals surface area contributed by atoms with Gasteiger partial charge in [-0.15, -0.1) is 0 Å². The van der Waals surface area contributed by atoms with Gasteiger partial charge in [0.1, 0.15) is 18.1 Å². The number of hydrogen-bond donors (Lipinski definition) is 1. The van der Waals surface area contributed by atoms with E-state index in [1.54, 1.807) is 44.2 Å². The van der Waals surface area contributed by atoms with E-state index in [1.165, 1.54) is 6.07 Å². The number of benzene rings is 1. The van der Waals surface area contributed by atoms with E-state index in [-0.39, 0.29) is 24.6 Å². The molecule has 0 bridgehead atoms. The molecule has 3 aromatic rings. The van der Waals surface area contributed by atoms with E-state index in [1.807, 2.05) is 6.07 Å². The maximum absolute atomic E-state index is 14.8. The van der Waals surface area contributed by atoms with E-state index in [9.17, 15) is 13.6 Å². The lowest BCUT2D eigenvalue weighted by atomic mass is 9.97. The summed E-state index contributed by atoms with van der Waals surface area (Å²) in [5.41, 5.74) is 3.27. The SMILES string of the molecule is Cc1cc(Cc2cnc(-c3cnn(C)c3)c(F)c2)c(C)c(F)c1OCCNC=O. The summed E-state index contributed by atoms with van der Waals surface area (Å²) in [6.07, 6.45) is 5.74. The van der Waals surface area contributed by atoms with Gasteiger partial charge in [-0.25, -0.2) is 8.78 Å². The van der Waals surface area contributed by atoms with Crippen molar-refractivity contribution >= 4 is 6.41 Å². The highest BCUT2D eigenvalue weighted by Crippen LogP contribution is 2.30. The number of aromatic nitrogens is 3.